The van der Waals surface area contributed by atoms with Gasteiger partial charge in [0.05, 0.1) is 19.1 Å². The van der Waals surface area contributed by atoms with Crippen LogP contribution in [0.5, 0.6) is 0 Å². The predicted octanol–water partition coefficient (Wildman–Crippen LogP) is 4.91. The van der Waals surface area contributed by atoms with Crippen LogP contribution in [0.1, 0.15) is 119 Å². The van der Waals surface area contributed by atoms with Crippen LogP contribution in [0.2, 0.25) is 0 Å². The molecule has 5 aliphatic heterocycles. The van der Waals surface area contributed by atoms with Gasteiger partial charge in [-0.05, 0) is 76.7 Å². The van der Waals surface area contributed by atoms with Crippen molar-refractivity contribution >= 4 is 17.1 Å². The average molecular weight is 614 g/mol. The third-order valence-electron chi connectivity index (χ3n) is 9.96. The summed E-state index contributed by atoms with van der Waals surface area (Å²) in [6.07, 6.45) is 11.2. The number of nitrogens with zero attached hydrogens (tertiary/aromatic N) is 3. The molecule has 4 bridgehead atoms. The third-order valence-corrected chi connectivity index (χ3v) is 11.9. The van der Waals surface area contributed by atoms with Gasteiger partial charge in [0.25, 0.3) is 5.91 Å². The number of rotatable bonds is 6. The number of carbonyl (C=O) groups is 1. The topological polar surface area (TPSA) is 114 Å². The molecular formula is C30H49F2N5O4S. The number of nitrogens with two attached hydrogens (primary N) is 1. The molecule has 6 fully saturated rings. The van der Waals surface area contributed by atoms with Crippen molar-refractivity contribution in [3.05, 3.63) is 17.5 Å². The number of alkyl halides is 2. The van der Waals surface area contributed by atoms with Gasteiger partial charge in [-0.15, -0.1) is 0 Å². The fraction of sp³-hybridized carbons (Fsp3) is 0.867. The molecule has 42 heavy (non-hydrogen) atoms. The monoisotopic (exact) mass is 613 g/mol. The Kier molecular flexibility index (Phi) is 10.7. The summed E-state index contributed by atoms with van der Waals surface area (Å²) in [7, 11) is 0. The minimum Gasteiger partial charge on any atom is -0.380 e. The Morgan fingerprint density at radius 3 is 2.12 bits per heavy atom. The first kappa shape index (κ1) is 31.9. The highest BCUT2D eigenvalue weighted by atomic mass is 32.2. The van der Waals surface area contributed by atoms with Crippen LogP contribution in [-0.4, -0.2) is 79.8 Å². The zero-order chi connectivity index (χ0) is 29.9. The molecule has 1 aromatic heterocycles. The number of hydrogen-bond acceptors (Lipinski definition) is 6. The highest BCUT2D eigenvalue weighted by Gasteiger charge is 2.49. The van der Waals surface area contributed by atoms with Gasteiger partial charge in [-0.25, -0.2) is 21.6 Å². The van der Waals surface area contributed by atoms with Gasteiger partial charge in [-0.1, -0.05) is 25.4 Å². The van der Waals surface area contributed by atoms with E-state index in [2.05, 4.69) is 19.1 Å². The van der Waals surface area contributed by atoms with Crippen LogP contribution in [0.3, 0.4) is 0 Å². The van der Waals surface area contributed by atoms with Crippen molar-refractivity contribution in [2.24, 2.45) is 11.7 Å². The Labute approximate surface area is 251 Å². The summed E-state index contributed by atoms with van der Waals surface area (Å²) in [5.41, 5.74) is 5.69. The first-order chi connectivity index (χ1) is 20.3. The van der Waals surface area contributed by atoms with E-state index in [1.54, 1.807) is 6.07 Å². The normalized spacial score (nSPS) is 33.5. The molecule has 5 saturated heterocycles. The highest BCUT2D eigenvalue weighted by Crippen LogP contribution is 2.43. The molecule has 9 nitrogen and oxygen atoms in total. The van der Waals surface area contributed by atoms with Crippen molar-refractivity contribution in [3.63, 3.8) is 0 Å². The van der Waals surface area contributed by atoms with Crippen LogP contribution in [0.4, 0.5) is 8.78 Å². The molecule has 5 atom stereocenters. The van der Waals surface area contributed by atoms with Crippen molar-refractivity contribution < 1.29 is 27.0 Å². The van der Waals surface area contributed by atoms with Gasteiger partial charge in [0, 0.05) is 49.1 Å². The molecule has 0 radical (unpaired) electrons. The van der Waals surface area contributed by atoms with E-state index in [-0.39, 0.29) is 42.8 Å². The van der Waals surface area contributed by atoms with E-state index in [0.29, 0.717) is 56.3 Å². The summed E-state index contributed by atoms with van der Waals surface area (Å²) in [6.45, 7) is 5.83. The van der Waals surface area contributed by atoms with Gasteiger partial charge in [0.2, 0.25) is 5.92 Å². The van der Waals surface area contributed by atoms with Crippen molar-refractivity contribution in [1.29, 1.82) is 0 Å². The zero-order valence-corrected chi connectivity index (χ0v) is 26.0. The number of hydrogen-bond donors (Lipinski definition) is 2. The number of aromatic nitrogens is 1. The molecular weight excluding hydrogens is 564 g/mol. The van der Waals surface area contributed by atoms with Gasteiger partial charge < -0.3 is 20.3 Å². The molecule has 1 aromatic rings. The quantitative estimate of drug-likeness (QED) is 0.472. The molecule has 5 unspecified atom stereocenters. The van der Waals surface area contributed by atoms with E-state index in [1.165, 1.54) is 32.1 Å². The van der Waals surface area contributed by atoms with E-state index in [9.17, 15) is 17.8 Å². The third kappa shape index (κ3) is 7.08. The van der Waals surface area contributed by atoms with E-state index < -0.39 is 17.1 Å². The molecule has 0 spiro atoms. The molecule has 1 saturated carbocycles. The predicted molar refractivity (Wildman–Crippen MR) is 157 cm³/mol. The van der Waals surface area contributed by atoms with E-state index in [0.717, 1.165) is 31.4 Å². The summed E-state index contributed by atoms with van der Waals surface area (Å²) >= 11 is -1.03. The second-order valence-electron chi connectivity index (χ2n) is 12.7. The molecule has 7 rings (SSSR count). The van der Waals surface area contributed by atoms with Gasteiger partial charge >= 0.3 is 0 Å². The fourth-order valence-electron chi connectivity index (χ4n) is 7.52. The zero-order valence-electron chi connectivity index (χ0n) is 25.1. The number of piperidine rings is 2. The minimum absolute atomic E-state index is 0.0366. The maximum absolute atomic E-state index is 13.6. The van der Waals surface area contributed by atoms with Gasteiger partial charge in [0.15, 0.2) is 16.9 Å². The molecule has 1 amide bonds. The standard InChI is InChI=1S/C21H30N4O4S.C7H13F2N.C2H6/c26-21(19-10-20(29-23-19)13-11-28-12-13)22-14-8-17-6-7-18(9-14)25(17)30(27)24-15-2-1-3-16(24)5-4-15;8-7(9)3-1-6(5-10)2-4-7;1-2/h10,13-18H,1-9,11-12H2,(H,22,26);6H,1-5,10H2;1-2H3. The number of halogens is 2. The van der Waals surface area contributed by atoms with Crippen LogP contribution in [0.15, 0.2) is 10.6 Å². The van der Waals surface area contributed by atoms with Crippen molar-refractivity contribution in [3.8, 4) is 0 Å². The second-order valence-corrected chi connectivity index (χ2v) is 14.0. The minimum atomic E-state index is -2.40. The van der Waals surface area contributed by atoms with Crippen molar-refractivity contribution in [1.82, 2.24) is 19.1 Å². The lowest BCUT2D eigenvalue weighted by atomic mass is 9.87. The summed E-state index contributed by atoms with van der Waals surface area (Å²) in [4.78, 5) is 12.7. The lowest BCUT2D eigenvalue weighted by Crippen LogP contribution is -2.55. The lowest BCUT2D eigenvalue weighted by Gasteiger charge is -2.43. The smallest absolute Gasteiger partial charge is 0.273 e. The summed E-state index contributed by atoms with van der Waals surface area (Å²) in [5.74, 6) is -1.27. The van der Waals surface area contributed by atoms with E-state index in [4.69, 9.17) is 15.0 Å². The Morgan fingerprint density at radius 2 is 1.57 bits per heavy atom. The second kappa shape index (κ2) is 14.1. The first-order valence-corrected chi connectivity index (χ1v) is 17.3. The summed E-state index contributed by atoms with van der Waals surface area (Å²) < 4.78 is 53.6. The van der Waals surface area contributed by atoms with Gasteiger partial charge in [-0.2, -0.15) is 0 Å². The number of nitrogens with one attached hydrogen (secondary N) is 1. The lowest BCUT2D eigenvalue weighted by molar-refractivity contribution is -0.0447. The Hall–Kier alpha value is -1.47. The number of ether oxygens (including phenoxy) is 1. The van der Waals surface area contributed by atoms with Crippen LogP contribution in [0.25, 0.3) is 0 Å². The van der Waals surface area contributed by atoms with E-state index >= 15 is 0 Å². The maximum Gasteiger partial charge on any atom is 0.273 e. The molecule has 6 aliphatic rings. The Morgan fingerprint density at radius 1 is 1.00 bits per heavy atom. The van der Waals surface area contributed by atoms with Crippen LogP contribution >= 0.6 is 0 Å². The Bertz CT molecular complexity index is 1030. The van der Waals surface area contributed by atoms with Gasteiger partial charge in [-0.3, -0.25) is 4.79 Å². The SMILES string of the molecule is CC.NCC1CCC(F)(F)CC1.O=C(NC1CC2CCC(C1)N2S(=O)N1C2CCCC1CC2)c1cc(C2COC2)on1. The van der Waals surface area contributed by atoms with Crippen molar-refractivity contribution in [2.75, 3.05) is 19.8 Å². The molecule has 1 aliphatic carbocycles. The number of fused-ring (bicyclic) bond motifs is 4. The van der Waals surface area contributed by atoms with E-state index in [1.807, 2.05) is 13.8 Å². The van der Waals surface area contributed by atoms with Gasteiger partial charge in [0.1, 0.15) is 5.76 Å². The van der Waals surface area contributed by atoms with Crippen LogP contribution in [-0.2, 0) is 15.9 Å². The van der Waals surface area contributed by atoms with Crippen LogP contribution in [0, 0.1) is 5.92 Å². The fourth-order valence-corrected chi connectivity index (χ4v) is 9.57. The highest BCUT2D eigenvalue weighted by molar-refractivity contribution is 7.80. The summed E-state index contributed by atoms with van der Waals surface area (Å²) in [5, 5.41) is 7.12. The molecule has 12 heteroatoms. The first-order valence-electron chi connectivity index (χ1n) is 16.2. The average Bonchev–Trinajstić information content (AvgIpc) is 3.61. The number of carbonyl (C=O) groups excluding carboxylic acids is 1. The largest absolute Gasteiger partial charge is 0.380 e. The van der Waals surface area contributed by atoms with Crippen molar-refractivity contribution in [2.45, 2.75) is 139 Å². The molecule has 0 aromatic carbocycles. The number of amides is 1. The Balaban J connectivity index is 0.000000249. The van der Waals surface area contributed by atoms with Crippen LogP contribution < -0.4 is 11.1 Å². The molecule has 238 valence electrons. The molecule has 6 heterocycles. The molecule has 3 N–H and O–H groups in total. The maximum atomic E-state index is 13.6. The summed E-state index contributed by atoms with van der Waals surface area (Å²) in [6, 6.07) is 3.43.